The highest BCUT2D eigenvalue weighted by atomic mass is 32.1. The Labute approximate surface area is 139 Å². The summed E-state index contributed by atoms with van der Waals surface area (Å²) in [6.45, 7) is 5.21. The van der Waals surface area contributed by atoms with Gasteiger partial charge in [0.05, 0.1) is 11.8 Å². The fourth-order valence-electron chi connectivity index (χ4n) is 3.13. The largest absolute Gasteiger partial charge is 0.465 e. The molecule has 0 spiro atoms. The highest BCUT2D eigenvalue weighted by Crippen LogP contribution is 2.38. The molecular weight excluding hydrogens is 310 g/mol. The fraction of sp³-hybridized carbons (Fsp3) is 0.353. The lowest BCUT2D eigenvalue weighted by Gasteiger charge is -2.26. The number of nitrogens with zero attached hydrogens (tertiary/aromatic N) is 1. The van der Waals surface area contributed by atoms with Gasteiger partial charge in [0.2, 0.25) is 0 Å². The summed E-state index contributed by atoms with van der Waals surface area (Å²) in [7, 11) is 0. The lowest BCUT2D eigenvalue weighted by atomic mass is 10.0. The van der Waals surface area contributed by atoms with Crippen LogP contribution in [0.1, 0.15) is 33.5 Å². The number of carbonyl (C=O) groups excluding carboxylic acids is 1. The minimum absolute atomic E-state index is 0.0234. The average molecular weight is 329 g/mol. The Morgan fingerprint density at radius 3 is 3.17 bits per heavy atom. The second-order valence-corrected chi connectivity index (χ2v) is 6.90. The number of thiophene rings is 1. The molecule has 6 heteroatoms. The molecule has 2 aliphatic rings. The fourth-order valence-corrected chi connectivity index (χ4v) is 4.46. The van der Waals surface area contributed by atoms with Crippen molar-refractivity contribution in [3.05, 3.63) is 46.2 Å². The molecule has 1 amide bonds. The van der Waals surface area contributed by atoms with Crippen molar-refractivity contribution < 1.29 is 9.21 Å². The van der Waals surface area contributed by atoms with E-state index in [1.165, 1.54) is 10.4 Å². The summed E-state index contributed by atoms with van der Waals surface area (Å²) in [6.07, 6.45) is 6.17. The number of anilines is 1. The van der Waals surface area contributed by atoms with Crippen LogP contribution in [0.3, 0.4) is 0 Å². The van der Waals surface area contributed by atoms with E-state index in [0.29, 0.717) is 0 Å². The molecule has 5 nitrogen and oxygen atoms in total. The van der Waals surface area contributed by atoms with E-state index < -0.39 is 0 Å². The molecule has 0 saturated heterocycles. The predicted octanol–water partition coefficient (Wildman–Crippen LogP) is 2.91. The summed E-state index contributed by atoms with van der Waals surface area (Å²) in [5.41, 5.74) is 2.08. The van der Waals surface area contributed by atoms with Crippen LogP contribution in [0, 0.1) is 0 Å². The first-order valence-electron chi connectivity index (χ1n) is 7.90. The molecule has 4 rings (SSSR count). The third-order valence-electron chi connectivity index (χ3n) is 4.38. The topological polar surface area (TPSA) is 57.5 Å². The summed E-state index contributed by atoms with van der Waals surface area (Å²) >= 11 is 1.72. The summed E-state index contributed by atoms with van der Waals surface area (Å²) in [5, 5.41) is 7.42. The molecule has 0 saturated carbocycles. The van der Waals surface area contributed by atoms with Crippen LogP contribution in [0.25, 0.3) is 6.08 Å². The van der Waals surface area contributed by atoms with Gasteiger partial charge in [0.15, 0.2) is 0 Å². The molecule has 2 aromatic heterocycles. The van der Waals surface area contributed by atoms with Gasteiger partial charge in [0.25, 0.3) is 5.91 Å². The number of furan rings is 1. The van der Waals surface area contributed by atoms with Crippen LogP contribution >= 0.6 is 11.3 Å². The van der Waals surface area contributed by atoms with Crippen LogP contribution in [-0.4, -0.2) is 30.1 Å². The van der Waals surface area contributed by atoms with E-state index in [4.69, 9.17) is 4.42 Å². The lowest BCUT2D eigenvalue weighted by Crippen LogP contribution is -2.43. The van der Waals surface area contributed by atoms with E-state index in [0.717, 1.165) is 42.4 Å². The first-order valence-corrected chi connectivity index (χ1v) is 8.72. The van der Waals surface area contributed by atoms with Crippen molar-refractivity contribution in [2.24, 2.45) is 0 Å². The first kappa shape index (κ1) is 14.5. The van der Waals surface area contributed by atoms with Gasteiger partial charge in [0, 0.05) is 18.0 Å². The van der Waals surface area contributed by atoms with Crippen LogP contribution < -0.4 is 10.6 Å². The Bertz CT molecular complexity index is 748. The zero-order valence-electron chi connectivity index (χ0n) is 13.0. The summed E-state index contributed by atoms with van der Waals surface area (Å²) in [5.74, 6) is 0.797. The number of hydrogen-bond donors (Lipinski definition) is 2. The first-order chi connectivity index (χ1) is 11.2. The predicted molar refractivity (Wildman–Crippen MR) is 91.6 cm³/mol. The maximum Gasteiger partial charge on any atom is 0.256 e. The van der Waals surface area contributed by atoms with E-state index in [1.54, 1.807) is 17.6 Å². The van der Waals surface area contributed by atoms with E-state index >= 15 is 0 Å². The Morgan fingerprint density at radius 2 is 2.39 bits per heavy atom. The molecule has 120 valence electrons. The van der Waals surface area contributed by atoms with Gasteiger partial charge in [-0.2, -0.15) is 0 Å². The van der Waals surface area contributed by atoms with Crippen molar-refractivity contribution in [3.63, 3.8) is 0 Å². The van der Waals surface area contributed by atoms with E-state index in [-0.39, 0.29) is 12.1 Å². The molecule has 1 unspecified atom stereocenters. The van der Waals surface area contributed by atoms with Gasteiger partial charge in [-0.1, -0.05) is 6.92 Å². The van der Waals surface area contributed by atoms with Crippen LogP contribution in [0.2, 0.25) is 0 Å². The van der Waals surface area contributed by atoms with Gasteiger partial charge in [0.1, 0.15) is 16.9 Å². The number of fused-ring (bicyclic) bond motifs is 3. The van der Waals surface area contributed by atoms with Crippen molar-refractivity contribution in [2.45, 2.75) is 26.1 Å². The maximum absolute atomic E-state index is 12.5. The monoisotopic (exact) mass is 329 g/mol. The van der Waals surface area contributed by atoms with Crippen molar-refractivity contribution in [1.82, 2.24) is 10.2 Å². The molecule has 4 heterocycles. The third kappa shape index (κ3) is 2.68. The zero-order valence-corrected chi connectivity index (χ0v) is 13.8. The average Bonchev–Trinajstić information content (AvgIpc) is 3.19. The minimum Gasteiger partial charge on any atom is -0.465 e. The SMILES string of the molecule is CCN1CCc2c(sc3c2C(=O)NC(C=Cc2ccco2)N3)C1. The second kappa shape index (κ2) is 5.86. The quantitative estimate of drug-likeness (QED) is 0.909. The summed E-state index contributed by atoms with van der Waals surface area (Å²) < 4.78 is 5.28. The summed E-state index contributed by atoms with van der Waals surface area (Å²) in [4.78, 5) is 16.3. The summed E-state index contributed by atoms with van der Waals surface area (Å²) in [6, 6.07) is 3.73. The molecule has 0 aromatic carbocycles. The van der Waals surface area contributed by atoms with Crippen LogP contribution in [0.4, 0.5) is 5.00 Å². The van der Waals surface area contributed by atoms with Crippen molar-refractivity contribution in [3.8, 4) is 0 Å². The van der Waals surface area contributed by atoms with Gasteiger partial charge >= 0.3 is 0 Å². The van der Waals surface area contributed by atoms with Crippen LogP contribution in [0.5, 0.6) is 0 Å². The number of amides is 1. The highest BCUT2D eigenvalue weighted by Gasteiger charge is 2.31. The maximum atomic E-state index is 12.5. The van der Waals surface area contributed by atoms with Crippen molar-refractivity contribution in [2.75, 3.05) is 18.4 Å². The smallest absolute Gasteiger partial charge is 0.256 e. The molecule has 0 aliphatic carbocycles. The third-order valence-corrected chi connectivity index (χ3v) is 5.53. The molecule has 2 aromatic rings. The van der Waals surface area contributed by atoms with Gasteiger partial charge in [-0.05, 0) is 42.8 Å². The van der Waals surface area contributed by atoms with Crippen LogP contribution in [-0.2, 0) is 13.0 Å². The zero-order chi connectivity index (χ0) is 15.8. The molecule has 1 atom stereocenters. The van der Waals surface area contributed by atoms with Gasteiger partial charge in [-0.25, -0.2) is 0 Å². The Kier molecular flexibility index (Phi) is 3.71. The molecule has 2 N–H and O–H groups in total. The molecule has 0 radical (unpaired) electrons. The number of hydrogen-bond acceptors (Lipinski definition) is 5. The molecule has 0 bridgehead atoms. The highest BCUT2D eigenvalue weighted by molar-refractivity contribution is 7.16. The standard InChI is InChI=1S/C17H19N3O2S/c1-2-20-8-7-12-13(10-20)23-17-15(12)16(21)18-14(19-17)6-5-11-4-3-9-22-11/h3-6,9,14,19H,2,7-8,10H2,1H3,(H,18,21). The number of nitrogens with one attached hydrogen (secondary N) is 2. The van der Waals surface area contributed by atoms with Crippen LogP contribution in [0.15, 0.2) is 28.9 Å². The second-order valence-electron chi connectivity index (χ2n) is 5.80. The number of carbonyl (C=O) groups is 1. The minimum atomic E-state index is -0.206. The Balaban J connectivity index is 1.58. The Hall–Kier alpha value is -2.05. The molecule has 23 heavy (non-hydrogen) atoms. The molecule has 0 fully saturated rings. The molecule has 2 aliphatic heterocycles. The lowest BCUT2D eigenvalue weighted by molar-refractivity contribution is 0.0942. The number of likely N-dealkylation sites (N-methyl/N-ethyl adjacent to an activating group) is 1. The van der Waals surface area contributed by atoms with Crippen molar-refractivity contribution >= 4 is 28.3 Å². The van der Waals surface area contributed by atoms with Gasteiger partial charge in [-0.15, -0.1) is 11.3 Å². The van der Waals surface area contributed by atoms with Gasteiger partial charge < -0.3 is 15.1 Å². The van der Waals surface area contributed by atoms with Gasteiger partial charge in [-0.3, -0.25) is 9.69 Å². The number of rotatable bonds is 3. The molecular formula is C17H19N3O2S. The van der Waals surface area contributed by atoms with Crippen molar-refractivity contribution in [1.29, 1.82) is 0 Å². The van der Waals surface area contributed by atoms with E-state index in [9.17, 15) is 4.79 Å². The van der Waals surface area contributed by atoms with E-state index in [2.05, 4.69) is 22.5 Å². The Morgan fingerprint density at radius 1 is 1.48 bits per heavy atom. The normalized spacial score (nSPS) is 20.9. The van der Waals surface area contributed by atoms with E-state index in [1.807, 2.05) is 24.3 Å².